The van der Waals surface area contributed by atoms with Crippen molar-refractivity contribution in [2.75, 3.05) is 98.7 Å². The molecule has 0 bridgehead atoms. The number of ether oxygens (including phenoxy) is 4. The van der Waals surface area contributed by atoms with Crippen LogP contribution in [0.5, 0.6) is 0 Å². The van der Waals surface area contributed by atoms with Crippen LogP contribution in [0.1, 0.15) is 165 Å². The number of rotatable bonds is 53. The summed E-state index contributed by atoms with van der Waals surface area (Å²) >= 11 is 0. The van der Waals surface area contributed by atoms with Crippen LogP contribution in [0.15, 0.2) is 23.0 Å². The first-order chi connectivity index (χ1) is 41.3. The third kappa shape index (κ3) is 47.4. The Hall–Kier alpha value is -6.33. The molecule has 0 aromatic carbocycles. The van der Waals surface area contributed by atoms with Crippen LogP contribution in [0.2, 0.25) is 0 Å². The second kappa shape index (κ2) is 51.7. The lowest BCUT2D eigenvalue weighted by molar-refractivity contribution is -0.129. The Kier molecular flexibility index (Phi) is 49.2. The van der Waals surface area contributed by atoms with Crippen LogP contribution in [0, 0.1) is 11.8 Å². The van der Waals surface area contributed by atoms with Gasteiger partial charge in [0.15, 0.2) is 0 Å². The Morgan fingerprint density at radius 2 is 0.851 bits per heavy atom. The summed E-state index contributed by atoms with van der Waals surface area (Å²) in [5, 5.41) is 51.5. The van der Waals surface area contributed by atoms with E-state index in [1.165, 1.54) is 0 Å². The molecule has 0 saturated heterocycles. The second-order valence-corrected chi connectivity index (χ2v) is 22.3. The lowest BCUT2D eigenvalue weighted by Gasteiger charge is -2.32. The molecule has 15 N–H and O–H groups in total. The van der Waals surface area contributed by atoms with E-state index in [1.807, 2.05) is 33.8 Å². The lowest BCUT2D eigenvalue weighted by atomic mass is 9.98. The fourth-order valence-electron chi connectivity index (χ4n) is 7.36. The van der Waals surface area contributed by atoms with E-state index >= 15 is 0 Å². The number of hydrogen-bond acceptors (Lipinski definition) is 19. The van der Waals surface area contributed by atoms with Gasteiger partial charge in [-0.2, -0.15) is 0 Å². The van der Waals surface area contributed by atoms with Gasteiger partial charge in [-0.1, -0.05) is 50.0 Å². The van der Waals surface area contributed by atoms with Crippen molar-refractivity contribution in [1.29, 1.82) is 0 Å². The molecule has 0 aliphatic heterocycles. The molecule has 0 radical (unpaired) electrons. The minimum atomic E-state index is -0.876. The van der Waals surface area contributed by atoms with Gasteiger partial charge in [0.1, 0.15) is 19.3 Å². The van der Waals surface area contributed by atoms with Crippen LogP contribution >= 0.6 is 0 Å². The van der Waals surface area contributed by atoms with Gasteiger partial charge in [0.25, 0.3) is 0 Å². The number of oxime groups is 2. The van der Waals surface area contributed by atoms with Crippen molar-refractivity contribution in [3.8, 4) is 0 Å². The van der Waals surface area contributed by atoms with Crippen molar-refractivity contribution >= 4 is 64.6 Å². The van der Waals surface area contributed by atoms with Gasteiger partial charge in [-0.05, 0) is 106 Å². The first-order valence-electron chi connectivity index (χ1n) is 30.6. The number of nitrogens with two attached hydrogens (primary N) is 2. The molecule has 28 nitrogen and oxygen atoms in total. The zero-order valence-electron chi connectivity index (χ0n) is 53.8. The fourth-order valence-corrected chi connectivity index (χ4v) is 7.36. The summed E-state index contributed by atoms with van der Waals surface area (Å²) in [5.74, 6) is -3.34. The summed E-state index contributed by atoms with van der Waals surface area (Å²) in [5.41, 5.74) is 10.1. The Bertz CT molecular complexity index is 2030. The average molecular weight is 1240 g/mol. The van der Waals surface area contributed by atoms with E-state index in [1.54, 1.807) is 27.7 Å². The van der Waals surface area contributed by atoms with Gasteiger partial charge in [0, 0.05) is 83.3 Å². The van der Waals surface area contributed by atoms with Crippen molar-refractivity contribution in [2.24, 2.45) is 33.6 Å². The van der Waals surface area contributed by atoms with E-state index in [-0.39, 0.29) is 171 Å². The van der Waals surface area contributed by atoms with E-state index in [9.17, 15) is 53.6 Å². The Balaban J connectivity index is 0. The van der Waals surface area contributed by atoms with Gasteiger partial charge in [-0.25, -0.2) is 0 Å². The quantitative estimate of drug-likeness (QED) is 0.0136. The maximum Gasteiger partial charge on any atom is 0.246 e. The van der Waals surface area contributed by atoms with Crippen LogP contribution in [-0.4, -0.2) is 197 Å². The molecule has 3 atom stereocenters. The molecule has 0 heterocycles. The predicted molar refractivity (Wildman–Crippen MR) is 333 cm³/mol. The van der Waals surface area contributed by atoms with Gasteiger partial charge in [0.2, 0.25) is 53.2 Å². The Morgan fingerprint density at radius 3 is 1.26 bits per heavy atom. The number of carbonyl (C=O) groups is 9. The molecule has 28 heteroatoms. The minimum Gasteiger partial charge on any atom is -0.411 e. The van der Waals surface area contributed by atoms with Crippen LogP contribution in [0.4, 0.5) is 0 Å². The maximum atomic E-state index is 13.3. The number of hydrogen-bond donors (Lipinski definition) is 13. The summed E-state index contributed by atoms with van der Waals surface area (Å²) in [6.07, 6.45) is 9.04. The van der Waals surface area contributed by atoms with E-state index in [0.29, 0.717) is 76.0 Å². The number of nitrogens with zero attached hydrogens (tertiary/aromatic N) is 2. The standard InChI is InChI=1S/C55H103N13O15.C4H8/c1-39(51(56)75)17-9-12-25-59-49(73)37-82-33-32-81-30-28-61-50(74)38-83-34-31-80-29-27-60-46(70)21-15-20-45(69)58-24-14-11-19-44(53(77)62-26-13-10-18-40(2)52(57)76)66-48(72)23-16-22-47(71)65-43(35-63-54(5,6)41(3)67-78)36-64-55(7,8)42(4)68-79;1-3-4-2/h39-40,43-44,63-64,78-79H,9-38H2,1-8H3,(H2,56,75)(H2,57,76)(H,58,69)(H,59,73)(H,60,70)(H,61,74)(H,62,77)(H,65,71)(H,66,72);3H,1,4H2,2H3/b67-41+,68-42+;/t39-,40-,44-;/m0./s1. The smallest absolute Gasteiger partial charge is 0.246 e. The van der Waals surface area contributed by atoms with Gasteiger partial charge >= 0.3 is 0 Å². The predicted octanol–water partition coefficient (Wildman–Crippen LogP) is 1.72. The number of carbonyl (C=O) groups excluding carboxylic acids is 9. The molecule has 87 heavy (non-hydrogen) atoms. The lowest BCUT2D eigenvalue weighted by Crippen LogP contribution is -2.57. The molecule has 0 aliphatic rings. The highest BCUT2D eigenvalue weighted by Gasteiger charge is 2.27. The zero-order valence-corrected chi connectivity index (χ0v) is 53.8. The second-order valence-electron chi connectivity index (χ2n) is 22.3. The van der Waals surface area contributed by atoms with E-state index in [4.69, 9.17) is 30.4 Å². The Morgan fingerprint density at radius 1 is 0.494 bits per heavy atom. The van der Waals surface area contributed by atoms with Crippen LogP contribution in [0.25, 0.3) is 0 Å². The van der Waals surface area contributed by atoms with Crippen LogP contribution in [0.3, 0.4) is 0 Å². The van der Waals surface area contributed by atoms with Gasteiger partial charge < -0.3 is 88.7 Å². The van der Waals surface area contributed by atoms with Gasteiger partial charge in [-0.15, -0.1) is 6.58 Å². The molecule has 0 unspecified atom stereocenters. The largest absolute Gasteiger partial charge is 0.411 e. The SMILES string of the molecule is C/C(=N\O)C(C)(C)NCC(CNC(C)(C)/C(C)=N/O)NC(=O)CCCC(=O)N[C@@H](CCCCNC(=O)CCCC(=O)NCCOCCOCC(=O)NCCOCCOCC(=O)NCCCC[C@H](C)C(N)=O)C(=O)NCCCC[C@H](C)C(N)=O.C=CCC. The van der Waals surface area contributed by atoms with Crippen molar-refractivity contribution in [2.45, 2.75) is 188 Å². The summed E-state index contributed by atoms with van der Waals surface area (Å²) in [6.45, 7) is 23.0. The molecule has 502 valence electrons. The third-order valence-electron chi connectivity index (χ3n) is 13.9. The number of allylic oxidation sites excluding steroid dienone is 1. The van der Waals surface area contributed by atoms with E-state index in [2.05, 4.69) is 71.7 Å². The molecular weight excluding hydrogens is 1130 g/mol. The van der Waals surface area contributed by atoms with E-state index < -0.39 is 35.0 Å². The number of nitrogens with one attached hydrogen (secondary N) is 9. The zero-order chi connectivity index (χ0) is 65.9. The minimum absolute atomic E-state index is 0.0182. The van der Waals surface area contributed by atoms with Crippen LogP contribution < -0.4 is 59.3 Å². The van der Waals surface area contributed by atoms with Crippen molar-refractivity contribution in [3.05, 3.63) is 12.7 Å². The topological polar surface area (TPSA) is 416 Å². The number of unbranched alkanes of at least 4 members (excludes halogenated alkanes) is 3. The molecule has 0 aromatic heterocycles. The van der Waals surface area contributed by atoms with Crippen molar-refractivity contribution < 1.29 is 72.5 Å². The molecule has 0 rings (SSSR count). The highest BCUT2D eigenvalue weighted by Crippen LogP contribution is 2.11. The number of amides is 9. The fraction of sp³-hybridized carbons (Fsp3) is 0.780. The van der Waals surface area contributed by atoms with Crippen molar-refractivity contribution in [1.82, 2.24) is 47.9 Å². The first kappa shape index (κ1) is 82.7. The monoisotopic (exact) mass is 1240 g/mol. The number of primary amides is 2. The average Bonchev–Trinajstić information content (AvgIpc) is 3.64. The summed E-state index contributed by atoms with van der Waals surface area (Å²) in [7, 11) is 0. The summed E-state index contributed by atoms with van der Waals surface area (Å²) < 4.78 is 21.4. The van der Waals surface area contributed by atoms with Gasteiger partial charge in [0.05, 0.1) is 68.2 Å². The highest BCUT2D eigenvalue weighted by atomic mass is 16.5. The molecule has 0 aromatic rings. The van der Waals surface area contributed by atoms with Gasteiger partial charge in [-0.3, -0.25) is 43.2 Å². The molecule has 0 fully saturated rings. The highest BCUT2D eigenvalue weighted by molar-refractivity contribution is 5.91. The molecule has 9 amide bonds. The third-order valence-corrected chi connectivity index (χ3v) is 13.9. The summed E-state index contributed by atoms with van der Waals surface area (Å²) in [6, 6.07) is -1.33. The van der Waals surface area contributed by atoms with E-state index in [0.717, 1.165) is 19.3 Å². The molecular formula is C59H111N13O15. The first-order valence-corrected chi connectivity index (χ1v) is 30.6. The molecule has 0 aliphatic carbocycles. The normalized spacial score (nSPS) is 13.1. The van der Waals surface area contributed by atoms with Crippen LogP contribution in [-0.2, 0) is 62.1 Å². The summed E-state index contributed by atoms with van der Waals surface area (Å²) in [4.78, 5) is 111. The Labute approximate surface area is 516 Å². The maximum absolute atomic E-state index is 13.3. The molecule has 0 spiro atoms. The van der Waals surface area contributed by atoms with Crippen molar-refractivity contribution in [3.63, 3.8) is 0 Å². The molecule has 0 saturated carbocycles.